The summed E-state index contributed by atoms with van der Waals surface area (Å²) in [6.07, 6.45) is 4.50. The molecule has 1 aliphatic carbocycles. The molecule has 13 heteroatoms. The van der Waals surface area contributed by atoms with Gasteiger partial charge >= 0.3 is 0 Å². The molecule has 5 rings (SSSR count). The number of nitrogens with two attached hydrogens (primary N) is 1. The van der Waals surface area contributed by atoms with Crippen LogP contribution < -0.4 is 5.73 Å². The Bertz CT molecular complexity index is 1390. The number of anilines is 1. The molecule has 1 aromatic carbocycles. The van der Waals surface area contributed by atoms with Crippen molar-refractivity contribution in [2.75, 3.05) is 18.8 Å². The van der Waals surface area contributed by atoms with E-state index < -0.39 is 29.3 Å². The molecule has 0 atom stereocenters. The lowest BCUT2D eigenvalue weighted by molar-refractivity contribution is 0.00252. The number of alkyl halides is 4. The van der Waals surface area contributed by atoms with Gasteiger partial charge in [-0.1, -0.05) is 32.5 Å². The highest BCUT2D eigenvalue weighted by Gasteiger charge is 2.41. The number of benzene rings is 1. The number of hydrogen-bond acceptors (Lipinski definition) is 5. The Labute approximate surface area is 250 Å². The van der Waals surface area contributed by atoms with Crippen LogP contribution in [-0.4, -0.2) is 65.0 Å². The highest BCUT2D eigenvalue weighted by molar-refractivity contribution is 6.14. The van der Waals surface area contributed by atoms with Crippen molar-refractivity contribution < 1.29 is 26.3 Å². The Hall–Kier alpha value is -3.09. The van der Waals surface area contributed by atoms with Gasteiger partial charge in [-0.25, -0.2) is 35.8 Å². The van der Waals surface area contributed by atoms with E-state index in [0.29, 0.717) is 41.3 Å². The molecule has 1 saturated heterocycles. The van der Waals surface area contributed by atoms with Crippen LogP contribution in [0, 0.1) is 18.6 Å². The van der Waals surface area contributed by atoms with E-state index in [0.717, 1.165) is 12.8 Å². The molecule has 43 heavy (non-hydrogen) atoms. The normalized spacial score (nSPS) is 17.1. The Kier molecular flexibility index (Phi) is 11.3. The smallest absolute Gasteiger partial charge is 0.261 e. The van der Waals surface area contributed by atoms with Crippen LogP contribution in [-0.2, 0) is 6.42 Å². The molecule has 6 nitrogen and oxygen atoms in total. The van der Waals surface area contributed by atoms with Crippen LogP contribution in [0.1, 0.15) is 71.1 Å². The molecule has 2 radical (unpaired) electrons. The van der Waals surface area contributed by atoms with Gasteiger partial charge in [0, 0.05) is 37.2 Å². The minimum atomic E-state index is -2.39. The molecule has 2 fully saturated rings. The monoisotopic (exact) mass is 608 g/mol. The van der Waals surface area contributed by atoms with Crippen molar-refractivity contribution in [2.24, 2.45) is 4.99 Å². The Morgan fingerprint density at radius 1 is 1.21 bits per heavy atom. The molecule has 0 unspecified atom stereocenters. The first-order chi connectivity index (χ1) is 20.0. The number of halogens is 6. The van der Waals surface area contributed by atoms with Crippen molar-refractivity contribution in [3.63, 3.8) is 0 Å². The summed E-state index contributed by atoms with van der Waals surface area (Å²) in [7, 11) is 6.13. The Morgan fingerprint density at radius 3 is 2.33 bits per heavy atom. The van der Waals surface area contributed by atoms with Crippen molar-refractivity contribution in [1.29, 1.82) is 0 Å². The summed E-state index contributed by atoms with van der Waals surface area (Å²) in [5, 5.41) is 3.45. The fourth-order valence-corrected chi connectivity index (χ4v) is 4.97. The fraction of sp³-hybridized carbons (Fsp3) is 0.567. The molecule has 2 aliphatic rings. The van der Waals surface area contributed by atoms with Crippen molar-refractivity contribution in [3.05, 3.63) is 41.2 Å². The maximum atomic E-state index is 14.8. The van der Waals surface area contributed by atoms with Gasteiger partial charge in [-0.2, -0.15) is 0 Å². The van der Waals surface area contributed by atoms with E-state index in [2.05, 4.69) is 15.1 Å². The van der Waals surface area contributed by atoms with Gasteiger partial charge in [0.25, 0.3) is 5.92 Å². The maximum absolute atomic E-state index is 14.8. The van der Waals surface area contributed by atoms with E-state index in [4.69, 9.17) is 13.6 Å². The molecule has 0 spiro atoms. The number of nitrogen functional groups attached to an aromatic ring is 1. The third kappa shape index (κ3) is 9.20. The van der Waals surface area contributed by atoms with E-state index in [9.17, 15) is 26.3 Å². The summed E-state index contributed by atoms with van der Waals surface area (Å²) < 4.78 is 77.6. The number of likely N-dealkylation sites (tertiary alicyclic amines) is 1. The predicted octanol–water partition coefficient (Wildman–Crippen LogP) is 7.74. The molecule has 1 saturated carbocycles. The van der Waals surface area contributed by atoms with E-state index >= 15 is 0 Å². The number of hydrogen-bond donors (Lipinski definition) is 1. The van der Waals surface area contributed by atoms with Gasteiger partial charge in [0.15, 0.2) is 5.82 Å². The SMILES string of the molecule is CCC(F)F.FC1(F)CCN(C2CCC2)C1.[B]C(C)(C)Cc1nc(N)nn2cc(F)c(-c3cc(C)c(N=CC)c(F)c3)c12. The second kappa shape index (κ2) is 14.1. The van der Waals surface area contributed by atoms with E-state index in [1.54, 1.807) is 19.9 Å². The van der Waals surface area contributed by atoms with E-state index in [1.165, 1.54) is 36.3 Å². The maximum Gasteiger partial charge on any atom is 0.261 e. The fourth-order valence-electron chi connectivity index (χ4n) is 4.97. The Balaban J connectivity index is 0.000000258. The quantitative estimate of drug-likeness (QED) is 0.177. The highest BCUT2D eigenvalue weighted by Crippen LogP contribution is 2.37. The van der Waals surface area contributed by atoms with Crippen molar-refractivity contribution in [1.82, 2.24) is 19.5 Å². The number of rotatable bonds is 6. The third-order valence-electron chi connectivity index (χ3n) is 7.20. The first kappa shape index (κ1) is 34.4. The van der Waals surface area contributed by atoms with Crippen molar-refractivity contribution in [2.45, 2.75) is 96.8 Å². The third-order valence-corrected chi connectivity index (χ3v) is 7.20. The van der Waals surface area contributed by atoms with Crippen LogP contribution >= 0.6 is 0 Å². The van der Waals surface area contributed by atoms with Crippen LogP contribution in [0.5, 0.6) is 0 Å². The highest BCUT2D eigenvalue weighted by atomic mass is 19.3. The second-order valence-corrected chi connectivity index (χ2v) is 11.7. The average molecular weight is 608 g/mol. The molecule has 0 bridgehead atoms. The van der Waals surface area contributed by atoms with Crippen LogP contribution in [0.15, 0.2) is 23.3 Å². The van der Waals surface area contributed by atoms with Crippen LogP contribution in [0.4, 0.5) is 38.0 Å². The topological polar surface area (TPSA) is 71.8 Å². The van der Waals surface area contributed by atoms with Crippen molar-refractivity contribution >= 4 is 31.2 Å². The van der Waals surface area contributed by atoms with Crippen LogP contribution in [0.3, 0.4) is 0 Å². The lowest BCUT2D eigenvalue weighted by atomic mass is 9.69. The molecular weight excluding hydrogens is 569 g/mol. The largest absolute Gasteiger partial charge is 0.367 e. The zero-order chi connectivity index (χ0) is 32.1. The lowest BCUT2D eigenvalue weighted by Crippen LogP contribution is -2.39. The molecule has 3 heterocycles. The molecular formula is C30H39BF6N6. The average Bonchev–Trinajstić information content (AvgIpc) is 3.37. The summed E-state index contributed by atoms with van der Waals surface area (Å²) >= 11 is 0. The minimum absolute atomic E-state index is 0.0116. The molecule has 2 N–H and O–H groups in total. The molecule has 234 valence electrons. The zero-order valence-corrected chi connectivity index (χ0v) is 25.3. The van der Waals surface area contributed by atoms with E-state index in [-0.39, 0.29) is 36.6 Å². The van der Waals surface area contributed by atoms with Gasteiger partial charge in [0.2, 0.25) is 12.4 Å². The molecule has 0 amide bonds. The van der Waals surface area contributed by atoms with Crippen LogP contribution in [0.25, 0.3) is 16.6 Å². The second-order valence-electron chi connectivity index (χ2n) is 11.7. The van der Waals surface area contributed by atoms with Gasteiger partial charge < -0.3 is 5.73 Å². The summed E-state index contributed by atoms with van der Waals surface area (Å²) in [6.45, 7) is 9.17. The van der Waals surface area contributed by atoms with Gasteiger partial charge in [-0.05, 0) is 56.4 Å². The van der Waals surface area contributed by atoms with Gasteiger partial charge in [-0.3, -0.25) is 9.89 Å². The zero-order valence-electron chi connectivity index (χ0n) is 25.3. The van der Waals surface area contributed by atoms with Crippen molar-refractivity contribution in [3.8, 4) is 11.1 Å². The molecule has 1 aliphatic heterocycles. The number of aryl methyl sites for hydroxylation is 1. The van der Waals surface area contributed by atoms with Gasteiger partial charge in [0.05, 0.1) is 31.8 Å². The Morgan fingerprint density at radius 2 is 1.86 bits per heavy atom. The number of nitrogens with zero attached hydrogens (tertiary/aromatic N) is 5. The lowest BCUT2D eigenvalue weighted by Gasteiger charge is -2.34. The summed E-state index contributed by atoms with van der Waals surface area (Å²) in [5.41, 5.74) is 8.10. The van der Waals surface area contributed by atoms with Crippen LogP contribution in [0.2, 0.25) is 5.31 Å². The molecule has 3 aromatic rings. The molecule has 2 aromatic heterocycles. The minimum Gasteiger partial charge on any atom is -0.367 e. The standard InChI is InChI=1S/C19H20BF2N5.C8H13F2N.C3H6F2/c1-5-24-16-10(2)6-11(7-12(16)21)15-13(22)9-27-17(15)14(8-19(3,4)20)25-18(23)26-27;9-8(10)4-5-11(6-8)7-2-1-3-7;1-2-3(4)5/h5-7,9H,8H2,1-4H3,(H2,23,26);7H,1-6H2;3H,2H2,1H3. The number of aromatic nitrogens is 3. The number of fused-ring (bicyclic) bond motifs is 1. The predicted molar refractivity (Wildman–Crippen MR) is 160 cm³/mol. The first-order valence-electron chi connectivity index (χ1n) is 14.4. The summed E-state index contributed by atoms with van der Waals surface area (Å²) in [4.78, 5) is 10.2. The first-order valence-corrected chi connectivity index (χ1v) is 14.4. The summed E-state index contributed by atoms with van der Waals surface area (Å²) in [5.74, 6) is -3.45. The number of aliphatic imine (C=N–C) groups is 1. The van der Waals surface area contributed by atoms with Gasteiger partial charge in [-0.15, -0.1) is 5.10 Å². The summed E-state index contributed by atoms with van der Waals surface area (Å²) in [6, 6.07) is 3.45. The van der Waals surface area contributed by atoms with E-state index in [1.807, 2.05) is 18.7 Å². The van der Waals surface area contributed by atoms with Gasteiger partial charge in [0.1, 0.15) is 11.5 Å².